The van der Waals surface area contributed by atoms with Crippen LogP contribution < -0.4 is 5.73 Å². The van der Waals surface area contributed by atoms with Gasteiger partial charge in [-0.1, -0.05) is 43.2 Å². The fraction of sp³-hybridized carbons (Fsp3) is 0.417. The van der Waals surface area contributed by atoms with E-state index in [-0.39, 0.29) is 11.8 Å². The minimum Gasteiger partial charge on any atom is -0.341 e. The molecule has 1 aromatic carbocycles. The third-order valence-electron chi connectivity index (χ3n) is 6.16. The highest BCUT2D eigenvalue weighted by Gasteiger charge is 2.29. The predicted octanol–water partition coefficient (Wildman–Crippen LogP) is 4.24. The number of pyridine rings is 1. The second-order valence-electron chi connectivity index (χ2n) is 8.39. The molecule has 4 nitrogen and oxygen atoms in total. The molecule has 0 bridgehead atoms. The predicted molar refractivity (Wildman–Crippen MR) is 118 cm³/mol. The van der Waals surface area contributed by atoms with E-state index in [2.05, 4.69) is 18.2 Å². The number of aromatic nitrogens is 1. The average Bonchev–Trinajstić information content (AvgIpc) is 2.89. The molecule has 29 heavy (non-hydrogen) atoms. The normalized spacial score (nSPS) is 17.6. The van der Waals surface area contributed by atoms with Gasteiger partial charge in [0.05, 0.1) is 11.7 Å². The van der Waals surface area contributed by atoms with Gasteiger partial charge in [-0.3, -0.25) is 9.78 Å². The molecule has 0 radical (unpaired) electrons. The van der Waals surface area contributed by atoms with Gasteiger partial charge in [-0.15, -0.1) is 0 Å². The van der Waals surface area contributed by atoms with Gasteiger partial charge in [0, 0.05) is 29.9 Å². The number of rotatable bonds is 2. The number of nitrogens with two attached hydrogens (primary N) is 1. The van der Waals surface area contributed by atoms with Crippen LogP contribution in [0.2, 0.25) is 5.02 Å². The van der Waals surface area contributed by atoms with Crippen LogP contribution in [0.1, 0.15) is 49.1 Å². The molecule has 1 fully saturated rings. The van der Waals surface area contributed by atoms with E-state index in [4.69, 9.17) is 22.3 Å². The molecule has 5 heteroatoms. The van der Waals surface area contributed by atoms with Gasteiger partial charge in [0.15, 0.2) is 0 Å². The van der Waals surface area contributed by atoms with Crippen LogP contribution >= 0.6 is 11.6 Å². The Balaban J connectivity index is 1.71. The van der Waals surface area contributed by atoms with Crippen molar-refractivity contribution in [1.82, 2.24) is 9.88 Å². The summed E-state index contributed by atoms with van der Waals surface area (Å²) in [5.74, 6) is 0.215. The lowest BCUT2D eigenvalue weighted by molar-refractivity contribution is -0.134. The number of hydrogen-bond donors (Lipinski definition) is 1. The summed E-state index contributed by atoms with van der Waals surface area (Å²) in [5.41, 5.74) is 13.6. The zero-order valence-corrected chi connectivity index (χ0v) is 17.9. The first-order valence-corrected chi connectivity index (χ1v) is 10.8. The summed E-state index contributed by atoms with van der Waals surface area (Å²) in [4.78, 5) is 19.4. The first kappa shape index (κ1) is 20.1. The number of benzene rings is 1. The van der Waals surface area contributed by atoms with Crippen LogP contribution in [0.3, 0.4) is 0 Å². The van der Waals surface area contributed by atoms with Gasteiger partial charge < -0.3 is 10.6 Å². The van der Waals surface area contributed by atoms with Crippen molar-refractivity contribution in [1.29, 1.82) is 0 Å². The van der Waals surface area contributed by atoms with Crippen molar-refractivity contribution in [3.05, 3.63) is 69.5 Å². The van der Waals surface area contributed by atoms with Crippen molar-refractivity contribution in [3.8, 4) is 0 Å². The quantitative estimate of drug-likeness (QED) is 0.806. The number of amides is 1. The van der Waals surface area contributed by atoms with E-state index in [1.807, 2.05) is 37.1 Å². The van der Waals surface area contributed by atoms with Gasteiger partial charge in [-0.25, -0.2) is 0 Å². The number of nitrogens with zero attached hydrogens (tertiary/aromatic N) is 2. The standard InChI is InChI=1S/C24H28ClN3O/c1-15(2)22(26)24(29)28-12-9-16(10-13-28)21-20-8-7-19(25)14-18(20)6-5-17-4-3-11-27-23(17)21/h3-4,7-8,11,14-15,22H,5-6,9-10,12-13,26H2,1-2H3/t22-/m1/s1. The Bertz CT molecular complexity index is 956. The summed E-state index contributed by atoms with van der Waals surface area (Å²) < 4.78 is 0. The largest absolute Gasteiger partial charge is 0.341 e. The summed E-state index contributed by atoms with van der Waals surface area (Å²) >= 11 is 6.30. The molecule has 2 aromatic rings. The van der Waals surface area contributed by atoms with Crippen molar-refractivity contribution in [2.24, 2.45) is 11.7 Å². The van der Waals surface area contributed by atoms with Crippen LogP contribution in [0.25, 0.3) is 5.57 Å². The van der Waals surface area contributed by atoms with Crippen LogP contribution in [-0.2, 0) is 17.6 Å². The van der Waals surface area contributed by atoms with Crippen LogP contribution in [0.5, 0.6) is 0 Å². The Labute approximate surface area is 177 Å². The highest BCUT2D eigenvalue weighted by atomic mass is 35.5. The number of piperidine rings is 1. The van der Waals surface area contributed by atoms with Gasteiger partial charge in [0.1, 0.15) is 0 Å². The summed E-state index contributed by atoms with van der Waals surface area (Å²) in [7, 11) is 0. The SMILES string of the molecule is CC(C)[C@@H](N)C(=O)N1CCC(=C2c3ccc(Cl)cc3CCc3cccnc32)CC1. The third kappa shape index (κ3) is 3.96. The fourth-order valence-electron chi connectivity index (χ4n) is 4.38. The van der Waals surface area contributed by atoms with Gasteiger partial charge in [-0.05, 0) is 66.5 Å². The van der Waals surface area contributed by atoms with Crippen molar-refractivity contribution >= 4 is 23.1 Å². The maximum atomic E-state index is 12.7. The number of fused-ring (bicyclic) bond motifs is 2. The average molecular weight is 410 g/mol. The molecule has 0 spiro atoms. The Morgan fingerprint density at radius 2 is 1.83 bits per heavy atom. The van der Waals surface area contributed by atoms with Crippen molar-refractivity contribution in [2.75, 3.05) is 13.1 Å². The summed E-state index contributed by atoms with van der Waals surface area (Å²) in [6.07, 6.45) is 5.49. The number of aryl methyl sites for hydroxylation is 2. The van der Waals surface area contributed by atoms with E-state index in [1.165, 1.54) is 27.8 Å². The highest BCUT2D eigenvalue weighted by molar-refractivity contribution is 6.30. The Hall–Kier alpha value is -2.17. The highest BCUT2D eigenvalue weighted by Crippen LogP contribution is 2.38. The molecule has 1 aliphatic carbocycles. The number of hydrogen-bond acceptors (Lipinski definition) is 3. The number of halogens is 1. The van der Waals surface area contributed by atoms with Gasteiger partial charge in [0.2, 0.25) is 5.91 Å². The molecule has 1 saturated heterocycles. The minimum absolute atomic E-state index is 0.0654. The molecule has 152 valence electrons. The first-order chi connectivity index (χ1) is 14.0. The van der Waals surface area contributed by atoms with Crippen LogP contribution in [-0.4, -0.2) is 34.9 Å². The fourth-order valence-corrected chi connectivity index (χ4v) is 4.57. The Kier molecular flexibility index (Phi) is 5.75. The molecule has 1 atom stereocenters. The van der Waals surface area contributed by atoms with Crippen LogP contribution in [0, 0.1) is 5.92 Å². The molecule has 1 amide bonds. The molecule has 0 unspecified atom stereocenters. The minimum atomic E-state index is -0.424. The van der Waals surface area contributed by atoms with E-state index in [1.54, 1.807) is 0 Å². The second kappa shape index (κ2) is 8.29. The second-order valence-corrected chi connectivity index (χ2v) is 8.82. The van der Waals surface area contributed by atoms with Crippen molar-refractivity contribution < 1.29 is 4.79 Å². The van der Waals surface area contributed by atoms with Crippen molar-refractivity contribution in [3.63, 3.8) is 0 Å². The molecule has 2 aliphatic rings. The van der Waals surface area contributed by atoms with E-state index in [0.29, 0.717) is 13.1 Å². The van der Waals surface area contributed by atoms with Gasteiger partial charge in [0.25, 0.3) is 0 Å². The third-order valence-corrected chi connectivity index (χ3v) is 6.40. The monoisotopic (exact) mass is 409 g/mol. The zero-order valence-electron chi connectivity index (χ0n) is 17.1. The van der Waals surface area contributed by atoms with Crippen LogP contribution in [0.4, 0.5) is 0 Å². The molecule has 2 heterocycles. The Morgan fingerprint density at radius 1 is 1.10 bits per heavy atom. The maximum absolute atomic E-state index is 12.7. The number of carbonyl (C=O) groups excluding carboxylic acids is 1. The lowest BCUT2D eigenvalue weighted by atomic mass is 9.88. The number of likely N-dealkylation sites (tertiary alicyclic amines) is 1. The molecule has 1 aliphatic heterocycles. The maximum Gasteiger partial charge on any atom is 0.239 e. The van der Waals surface area contributed by atoms with E-state index < -0.39 is 6.04 Å². The van der Waals surface area contributed by atoms with Gasteiger partial charge >= 0.3 is 0 Å². The molecule has 1 aromatic heterocycles. The lowest BCUT2D eigenvalue weighted by Gasteiger charge is -2.33. The van der Waals surface area contributed by atoms with Crippen LogP contribution in [0.15, 0.2) is 42.1 Å². The van der Waals surface area contributed by atoms with E-state index in [9.17, 15) is 4.79 Å². The Morgan fingerprint density at radius 3 is 2.55 bits per heavy atom. The topological polar surface area (TPSA) is 59.2 Å². The smallest absolute Gasteiger partial charge is 0.239 e. The molecule has 0 saturated carbocycles. The summed E-state index contributed by atoms with van der Waals surface area (Å²) in [5, 5.41) is 0.773. The van der Waals surface area contributed by atoms with E-state index >= 15 is 0 Å². The molecular formula is C24H28ClN3O. The number of carbonyl (C=O) groups is 1. The lowest BCUT2D eigenvalue weighted by Crippen LogP contribution is -2.48. The molecular weight excluding hydrogens is 382 g/mol. The summed E-state index contributed by atoms with van der Waals surface area (Å²) in [6, 6.07) is 9.96. The first-order valence-electron chi connectivity index (χ1n) is 10.4. The zero-order chi connectivity index (χ0) is 20.5. The van der Waals surface area contributed by atoms with E-state index in [0.717, 1.165) is 36.4 Å². The molecule has 2 N–H and O–H groups in total. The molecule has 4 rings (SSSR count). The summed E-state index contributed by atoms with van der Waals surface area (Å²) in [6.45, 7) is 5.42. The van der Waals surface area contributed by atoms with Gasteiger partial charge in [-0.2, -0.15) is 0 Å². The van der Waals surface area contributed by atoms with Crippen molar-refractivity contribution in [2.45, 2.75) is 45.6 Å².